The van der Waals surface area contributed by atoms with Gasteiger partial charge in [-0.1, -0.05) is 31.7 Å². The van der Waals surface area contributed by atoms with E-state index in [0.29, 0.717) is 36.9 Å². The molecule has 0 radical (unpaired) electrons. The lowest BCUT2D eigenvalue weighted by Gasteiger charge is -2.33. The Bertz CT molecular complexity index is 790. The van der Waals surface area contributed by atoms with Crippen molar-refractivity contribution in [3.05, 3.63) is 40.8 Å². The molecule has 1 aliphatic rings. The van der Waals surface area contributed by atoms with Gasteiger partial charge in [-0.15, -0.1) is 0 Å². The minimum atomic E-state index is -0.0944. The van der Waals surface area contributed by atoms with E-state index in [4.69, 9.17) is 4.74 Å². The number of carbonyl (C=O) groups is 1. The molecule has 0 saturated carbocycles. The summed E-state index contributed by atoms with van der Waals surface area (Å²) in [6.07, 6.45) is 1.67. The van der Waals surface area contributed by atoms with E-state index < -0.39 is 0 Å². The molecule has 6 nitrogen and oxygen atoms in total. The number of hydrogen-bond donors (Lipinski definition) is 0. The predicted molar refractivity (Wildman–Crippen MR) is 95.7 cm³/mol. The van der Waals surface area contributed by atoms with Crippen LogP contribution in [-0.2, 0) is 9.53 Å². The summed E-state index contributed by atoms with van der Waals surface area (Å²) < 4.78 is 7.28. The Kier molecular flexibility index (Phi) is 5.20. The first kappa shape index (κ1) is 17.0. The second kappa shape index (κ2) is 7.36. The van der Waals surface area contributed by atoms with Gasteiger partial charge >= 0.3 is 0 Å². The molecule has 0 bridgehead atoms. The van der Waals surface area contributed by atoms with Crippen molar-refractivity contribution in [1.82, 2.24) is 9.38 Å². The van der Waals surface area contributed by atoms with Crippen molar-refractivity contribution in [3.8, 4) is 0 Å². The predicted octanol–water partition coefficient (Wildman–Crippen LogP) is 1.82. The van der Waals surface area contributed by atoms with Crippen LogP contribution < -0.4 is 10.5 Å². The second-order valence-corrected chi connectivity index (χ2v) is 7.13. The third-order valence-electron chi connectivity index (χ3n) is 3.90. The molecule has 1 saturated heterocycles. The van der Waals surface area contributed by atoms with Crippen LogP contribution in [0.25, 0.3) is 5.65 Å². The van der Waals surface area contributed by atoms with Gasteiger partial charge in [0.1, 0.15) is 11.5 Å². The number of thioether (sulfide) groups is 1. The van der Waals surface area contributed by atoms with Crippen molar-refractivity contribution < 1.29 is 9.53 Å². The summed E-state index contributed by atoms with van der Waals surface area (Å²) in [5.74, 6) is 1.32. The number of ether oxygens (including phenoxy) is 1. The van der Waals surface area contributed by atoms with Gasteiger partial charge in [0.15, 0.2) is 5.12 Å². The lowest BCUT2D eigenvalue weighted by Crippen LogP contribution is -2.44. The van der Waals surface area contributed by atoms with E-state index in [1.807, 2.05) is 32.0 Å². The molecule has 0 aliphatic carbocycles. The summed E-state index contributed by atoms with van der Waals surface area (Å²) in [6, 6.07) is 7.05. The van der Waals surface area contributed by atoms with Crippen molar-refractivity contribution in [2.24, 2.45) is 5.92 Å². The maximum absolute atomic E-state index is 12.2. The number of aromatic nitrogens is 2. The minimum absolute atomic E-state index is 0.0249. The lowest BCUT2D eigenvalue weighted by atomic mass is 10.3. The molecule has 1 fully saturated rings. The van der Waals surface area contributed by atoms with Crippen LogP contribution in [0.1, 0.15) is 13.8 Å². The number of carbonyl (C=O) groups excluding carboxylic acids is 1. The highest BCUT2D eigenvalue weighted by molar-refractivity contribution is 8.13. The van der Waals surface area contributed by atoms with Crippen LogP contribution in [0, 0.1) is 5.92 Å². The number of rotatable bonds is 4. The van der Waals surface area contributed by atoms with E-state index in [1.165, 1.54) is 16.2 Å². The molecular formula is C17H21N3O3S. The Labute approximate surface area is 144 Å². The summed E-state index contributed by atoms with van der Waals surface area (Å²) >= 11 is 1.32. The highest BCUT2D eigenvalue weighted by atomic mass is 32.2. The average Bonchev–Trinajstić information content (AvgIpc) is 2.59. The SMILES string of the molecule is CC(C)C(=O)SCC1CN(c2cc(=O)n3ccccc3n2)CCO1. The van der Waals surface area contributed by atoms with Gasteiger partial charge in [0.25, 0.3) is 5.56 Å². The van der Waals surface area contributed by atoms with Crippen molar-refractivity contribution >= 4 is 28.3 Å². The molecule has 1 atom stereocenters. The molecule has 7 heteroatoms. The number of anilines is 1. The minimum Gasteiger partial charge on any atom is -0.374 e. The zero-order valence-electron chi connectivity index (χ0n) is 13.8. The standard InChI is InChI=1S/C17H21N3O3S/c1-12(2)17(22)24-11-13-10-19(7-8-23-13)15-9-16(21)20-6-4-3-5-14(20)18-15/h3-6,9,12-13H,7-8,10-11H2,1-2H3. The number of hydrogen-bond acceptors (Lipinski definition) is 6. The number of nitrogens with zero attached hydrogens (tertiary/aromatic N) is 3. The molecule has 3 heterocycles. The summed E-state index contributed by atoms with van der Waals surface area (Å²) in [5, 5.41) is 0.179. The van der Waals surface area contributed by atoms with Crippen molar-refractivity contribution in [3.63, 3.8) is 0 Å². The molecule has 24 heavy (non-hydrogen) atoms. The van der Waals surface area contributed by atoms with Crippen LogP contribution in [0.5, 0.6) is 0 Å². The van der Waals surface area contributed by atoms with Gasteiger partial charge in [0.2, 0.25) is 0 Å². The topological polar surface area (TPSA) is 63.9 Å². The molecule has 0 amide bonds. The van der Waals surface area contributed by atoms with Crippen LogP contribution in [-0.4, -0.2) is 46.1 Å². The van der Waals surface area contributed by atoms with Crippen LogP contribution in [0.3, 0.4) is 0 Å². The molecule has 128 valence electrons. The smallest absolute Gasteiger partial charge is 0.259 e. The zero-order valence-corrected chi connectivity index (χ0v) is 14.7. The average molecular weight is 347 g/mol. The highest BCUT2D eigenvalue weighted by Crippen LogP contribution is 2.19. The highest BCUT2D eigenvalue weighted by Gasteiger charge is 2.23. The quantitative estimate of drug-likeness (QED) is 0.841. The number of pyridine rings is 1. The van der Waals surface area contributed by atoms with Crippen LogP contribution in [0.2, 0.25) is 0 Å². The largest absolute Gasteiger partial charge is 0.374 e. The molecule has 0 N–H and O–H groups in total. The van der Waals surface area contributed by atoms with Gasteiger partial charge in [-0.2, -0.15) is 0 Å². The molecular weight excluding hydrogens is 326 g/mol. The molecule has 1 unspecified atom stereocenters. The fraction of sp³-hybridized carbons (Fsp3) is 0.471. The Morgan fingerprint density at radius 3 is 3.08 bits per heavy atom. The summed E-state index contributed by atoms with van der Waals surface area (Å²) in [7, 11) is 0. The molecule has 2 aromatic rings. The first-order valence-corrected chi connectivity index (χ1v) is 9.05. The fourth-order valence-electron chi connectivity index (χ4n) is 2.57. The molecule has 1 aliphatic heterocycles. The summed E-state index contributed by atoms with van der Waals surface area (Å²) in [4.78, 5) is 30.6. The first-order valence-electron chi connectivity index (χ1n) is 8.06. The Morgan fingerprint density at radius 1 is 1.46 bits per heavy atom. The van der Waals surface area contributed by atoms with Crippen molar-refractivity contribution in [1.29, 1.82) is 0 Å². The number of fused-ring (bicyclic) bond motifs is 1. The normalized spacial score (nSPS) is 18.3. The first-order chi connectivity index (χ1) is 11.5. The van der Waals surface area contributed by atoms with Gasteiger partial charge in [0.05, 0.1) is 12.7 Å². The third kappa shape index (κ3) is 3.79. The van der Waals surface area contributed by atoms with E-state index in [1.54, 1.807) is 12.3 Å². The van der Waals surface area contributed by atoms with Gasteiger partial charge in [-0.25, -0.2) is 4.98 Å². The Morgan fingerprint density at radius 2 is 2.29 bits per heavy atom. The molecule has 0 aromatic carbocycles. The summed E-state index contributed by atoms with van der Waals surface area (Å²) in [5.41, 5.74) is 0.537. The lowest BCUT2D eigenvalue weighted by molar-refractivity contribution is -0.113. The zero-order chi connectivity index (χ0) is 17.1. The van der Waals surface area contributed by atoms with Crippen LogP contribution in [0.15, 0.2) is 35.3 Å². The fourth-order valence-corrected chi connectivity index (χ4v) is 3.46. The van der Waals surface area contributed by atoms with Crippen LogP contribution >= 0.6 is 11.8 Å². The third-order valence-corrected chi connectivity index (χ3v) is 5.20. The molecule has 2 aromatic heterocycles. The van der Waals surface area contributed by atoms with E-state index in [9.17, 15) is 9.59 Å². The monoisotopic (exact) mass is 347 g/mol. The van der Waals surface area contributed by atoms with Gasteiger partial charge in [-0.05, 0) is 12.1 Å². The maximum atomic E-state index is 12.2. The van der Waals surface area contributed by atoms with Crippen LogP contribution in [0.4, 0.5) is 5.82 Å². The summed E-state index contributed by atoms with van der Waals surface area (Å²) in [6.45, 7) is 5.69. The van der Waals surface area contributed by atoms with Gasteiger partial charge < -0.3 is 9.64 Å². The van der Waals surface area contributed by atoms with E-state index in [0.717, 1.165) is 0 Å². The van der Waals surface area contributed by atoms with Gasteiger partial charge in [-0.3, -0.25) is 14.0 Å². The Hall–Kier alpha value is -1.86. The Balaban J connectivity index is 1.73. The van der Waals surface area contributed by atoms with Crippen molar-refractivity contribution in [2.75, 3.05) is 30.3 Å². The van der Waals surface area contributed by atoms with E-state index >= 15 is 0 Å². The van der Waals surface area contributed by atoms with Crippen molar-refractivity contribution in [2.45, 2.75) is 20.0 Å². The maximum Gasteiger partial charge on any atom is 0.259 e. The molecule has 0 spiro atoms. The molecule has 3 rings (SSSR count). The van der Waals surface area contributed by atoms with E-state index in [2.05, 4.69) is 9.88 Å². The van der Waals surface area contributed by atoms with Gasteiger partial charge in [0, 0.05) is 37.0 Å². The second-order valence-electron chi connectivity index (χ2n) is 6.10. The van der Waals surface area contributed by atoms with E-state index in [-0.39, 0.29) is 22.7 Å². The number of morpholine rings is 1.